The molecule has 1 saturated heterocycles. The number of hydrogen-bond acceptors (Lipinski definition) is 13. The van der Waals surface area contributed by atoms with E-state index in [0.717, 1.165) is 11.2 Å². The van der Waals surface area contributed by atoms with E-state index in [1.54, 1.807) is 48.5 Å². The largest absolute Gasteiger partial charge is 0.411 e. The number of carbonyl (C=O) groups is 12. The number of hydrogen-bond donors (Lipinski definition) is 1. The number of nitrogens with zero attached hydrogens (tertiary/aromatic N) is 7. The second-order valence-corrected chi connectivity index (χ2v) is 35.3. The lowest BCUT2D eigenvalue weighted by Gasteiger charge is -2.46. The summed E-state index contributed by atoms with van der Waals surface area (Å²) in [5.41, 5.74) is -0.289. The van der Waals surface area contributed by atoms with Crippen molar-refractivity contribution < 1.29 is 62.0 Å². The van der Waals surface area contributed by atoms with E-state index < -0.39 is 168 Å². The van der Waals surface area contributed by atoms with Gasteiger partial charge in [0.2, 0.25) is 41.4 Å². The van der Waals surface area contributed by atoms with Gasteiger partial charge in [0.05, 0.1) is 18.2 Å². The molecular formula is C70H124N8O13Si. The van der Waals surface area contributed by atoms with Crippen LogP contribution in [0.4, 0.5) is 0 Å². The van der Waals surface area contributed by atoms with E-state index in [0.29, 0.717) is 0 Å². The van der Waals surface area contributed by atoms with Gasteiger partial charge in [0.25, 0.3) is 5.91 Å². The number of Topliss-reactive ketones (excluding diaryl/α,β-unsaturated/α-hetero) is 3. The highest BCUT2D eigenvalue weighted by Crippen LogP contribution is 2.40. The van der Waals surface area contributed by atoms with Crippen LogP contribution >= 0.6 is 0 Å². The van der Waals surface area contributed by atoms with Gasteiger partial charge >= 0.3 is 0 Å². The Bertz CT molecular complexity index is 2600. The maximum Gasteiger partial charge on any atom is 0.270 e. The second-order valence-electron chi connectivity index (χ2n) is 30.5. The Labute approximate surface area is 555 Å². The first-order valence-electron chi connectivity index (χ1n) is 33.6. The summed E-state index contributed by atoms with van der Waals surface area (Å²) in [6.07, 6.45) is -0.646. The van der Waals surface area contributed by atoms with Crippen molar-refractivity contribution in [2.75, 3.05) is 49.3 Å². The fourth-order valence-corrected chi connectivity index (χ4v) is 13.4. The van der Waals surface area contributed by atoms with Crippen LogP contribution in [0.1, 0.15) is 189 Å². The molecular weight excluding hydrogens is 1190 g/mol. The molecule has 92 heavy (non-hydrogen) atoms. The Morgan fingerprint density at radius 3 is 1.37 bits per heavy atom. The third-order valence-corrected chi connectivity index (χ3v) is 23.6. The van der Waals surface area contributed by atoms with Crippen molar-refractivity contribution in [2.24, 2.45) is 59.2 Å². The molecule has 0 aromatic rings. The van der Waals surface area contributed by atoms with Crippen LogP contribution in [0.5, 0.6) is 0 Å². The minimum atomic E-state index is -2.87. The minimum Gasteiger partial charge on any atom is -0.411 e. The average Bonchev–Trinajstić information content (AvgIpc) is 0.796. The van der Waals surface area contributed by atoms with E-state index in [2.05, 4.69) is 11.9 Å². The topological polar surface area (TPSA) is 249 Å². The number of rotatable bonds is 17. The fraction of sp³-hybridized carbons (Fsp3) is 0.800. The van der Waals surface area contributed by atoms with Gasteiger partial charge in [0, 0.05) is 92.8 Å². The molecule has 526 valence electrons. The molecule has 0 radical (unpaired) electrons. The van der Waals surface area contributed by atoms with Crippen LogP contribution in [-0.4, -0.2) is 211 Å². The van der Waals surface area contributed by atoms with Crippen molar-refractivity contribution in [2.45, 2.75) is 256 Å². The number of likely N-dealkylation sites (N-methyl/N-ethyl adjacent to an activating group) is 7. The summed E-state index contributed by atoms with van der Waals surface area (Å²) in [6, 6.07) is -8.24. The van der Waals surface area contributed by atoms with Crippen LogP contribution in [0.25, 0.3) is 0 Å². The average molecular weight is 1310 g/mol. The number of nitrogens with one attached hydrogen (secondary N) is 1. The number of ketones is 3. The molecule has 0 spiro atoms. The molecule has 0 saturated carbocycles. The Kier molecular flexibility index (Phi) is 33.3. The summed E-state index contributed by atoms with van der Waals surface area (Å²) in [6.45, 7) is 42.9. The van der Waals surface area contributed by atoms with Gasteiger partial charge in [-0.15, -0.1) is 0 Å². The summed E-state index contributed by atoms with van der Waals surface area (Å²) in [7, 11) is 7.34. The lowest BCUT2D eigenvalue weighted by atomic mass is 9.84. The molecule has 1 rings (SSSR count). The van der Waals surface area contributed by atoms with Crippen LogP contribution in [0.3, 0.4) is 0 Å². The number of carbonyl (C=O) groups excluding carboxylic acids is 12. The molecule has 8 amide bonds. The monoisotopic (exact) mass is 1310 g/mol. The van der Waals surface area contributed by atoms with Crippen LogP contribution in [-0.2, 0) is 62.0 Å². The van der Waals surface area contributed by atoms with E-state index >= 15 is 19.2 Å². The van der Waals surface area contributed by atoms with Crippen molar-refractivity contribution >= 4 is 79.2 Å². The SMILES string of the molecule is C=C1C(=O)N(C)[C@@H](CC(C)C)C(=O)C[C@H](C(C)C)C(=O)N(C)[C@H](CC(C)C)C(=O)C[C@H](C)C(=O)N[C@@H](C)C(=O)N(C)[C@H](CC(C)C)C(=O)N(C)[C@H](CC(C)C)C(=O)N(C)[C@H](C(C)C)C(=O)N(C)[C@H]([C@H](O[Si](C)(C)C(C)(C)C)[C@H](C)CC=O)C(=O)C[C@H](CC)C(=O)N1C. The standard InChI is InChI=1S/C70H124N8O13Si/c1-30-50-38-58(82)60(61(46(14)31-32-79)91-92(28,29)70(18,19)20)78(27)69(90)59(45(12)13)77(26)68(89)55(36-43(8)9)76(25)67(88)54(35-42(6)7)75(24)63(84)48(16)71-62(83)47(15)37-56(80)52(33-40(2)3)74(23)66(87)51(44(10)11)39-57(81)53(34-41(4)5)73(22)64(85)49(17)72(21)65(50)86/h32,40-48,50-55,59-61H,17,30-31,33-39H2,1-16,18-29H3,(H,71,83)/t46-,47+,48+,50+,51-,52-,53+,54-,55-,59-,60+,61-/m1/s1. The molecule has 1 aliphatic rings. The molecule has 1 heterocycles. The molecule has 0 aromatic carbocycles. The summed E-state index contributed by atoms with van der Waals surface area (Å²) in [5, 5.41) is 2.33. The smallest absolute Gasteiger partial charge is 0.270 e. The maximum atomic E-state index is 15.7. The molecule has 0 aromatic heterocycles. The molecule has 0 bridgehead atoms. The molecule has 22 heteroatoms. The lowest BCUT2D eigenvalue weighted by Crippen LogP contribution is -2.63. The van der Waals surface area contributed by atoms with Gasteiger partial charge in [-0.2, -0.15) is 0 Å². The van der Waals surface area contributed by atoms with Crippen molar-refractivity contribution in [1.29, 1.82) is 0 Å². The van der Waals surface area contributed by atoms with Crippen molar-refractivity contribution in [3.8, 4) is 0 Å². The highest BCUT2D eigenvalue weighted by atomic mass is 28.4. The van der Waals surface area contributed by atoms with Gasteiger partial charge in [0.1, 0.15) is 42.2 Å². The first kappa shape index (κ1) is 84.4. The summed E-state index contributed by atoms with van der Waals surface area (Å²) < 4.78 is 7.14. The predicted octanol–water partition coefficient (Wildman–Crippen LogP) is 8.71. The van der Waals surface area contributed by atoms with E-state index in [-0.39, 0.29) is 80.7 Å². The zero-order chi connectivity index (χ0) is 71.8. The van der Waals surface area contributed by atoms with E-state index in [4.69, 9.17) is 4.43 Å². The number of aldehydes is 1. The lowest BCUT2D eigenvalue weighted by molar-refractivity contribution is -0.157. The van der Waals surface area contributed by atoms with Crippen LogP contribution in [0.2, 0.25) is 18.1 Å². The predicted molar refractivity (Wildman–Crippen MR) is 364 cm³/mol. The second kappa shape index (κ2) is 36.3. The highest BCUT2D eigenvalue weighted by molar-refractivity contribution is 6.74. The van der Waals surface area contributed by atoms with Crippen LogP contribution in [0.15, 0.2) is 12.3 Å². The van der Waals surface area contributed by atoms with Gasteiger partial charge in [-0.25, -0.2) is 0 Å². The van der Waals surface area contributed by atoms with Gasteiger partial charge < -0.3 is 48.8 Å². The van der Waals surface area contributed by atoms with Crippen molar-refractivity contribution in [3.05, 3.63) is 12.3 Å². The molecule has 12 atom stereocenters. The van der Waals surface area contributed by atoms with Gasteiger partial charge in [-0.05, 0) is 98.6 Å². The number of amides is 8. The Balaban J connectivity index is 4.59. The summed E-state index contributed by atoms with van der Waals surface area (Å²) in [5.74, 6) is -11.5. The van der Waals surface area contributed by atoms with E-state index in [9.17, 15) is 38.4 Å². The normalized spacial score (nSPS) is 26.3. The third kappa shape index (κ3) is 22.5. The molecule has 1 fully saturated rings. The quantitative estimate of drug-likeness (QED) is 0.0814. The first-order valence-corrected chi connectivity index (χ1v) is 36.6. The Morgan fingerprint density at radius 1 is 0.533 bits per heavy atom. The highest BCUT2D eigenvalue weighted by Gasteiger charge is 2.49. The maximum absolute atomic E-state index is 15.7. The first-order chi connectivity index (χ1) is 42.1. The Morgan fingerprint density at radius 2 is 0.946 bits per heavy atom. The van der Waals surface area contributed by atoms with Gasteiger partial charge in [-0.3, -0.25) is 52.7 Å². The van der Waals surface area contributed by atoms with Crippen molar-refractivity contribution in [3.63, 3.8) is 0 Å². The third-order valence-electron chi connectivity index (χ3n) is 19.1. The van der Waals surface area contributed by atoms with Crippen LogP contribution < -0.4 is 5.32 Å². The van der Waals surface area contributed by atoms with Gasteiger partial charge in [-0.1, -0.05) is 131 Å². The van der Waals surface area contributed by atoms with E-state index in [1.165, 1.54) is 85.7 Å². The van der Waals surface area contributed by atoms with Crippen LogP contribution in [0, 0.1) is 59.2 Å². The molecule has 0 aliphatic carbocycles. The molecule has 0 unspecified atom stereocenters. The molecule has 1 N–H and O–H groups in total. The molecule has 21 nitrogen and oxygen atoms in total. The fourth-order valence-electron chi connectivity index (χ4n) is 12.0. The minimum absolute atomic E-state index is 0.0560. The zero-order valence-corrected chi connectivity index (χ0v) is 63.0. The van der Waals surface area contributed by atoms with Gasteiger partial charge in [0.15, 0.2) is 25.7 Å². The Hall–Kier alpha value is -5.64. The van der Waals surface area contributed by atoms with E-state index in [1.807, 2.05) is 89.3 Å². The summed E-state index contributed by atoms with van der Waals surface area (Å²) in [4.78, 5) is 185. The molecule has 1 aliphatic heterocycles. The summed E-state index contributed by atoms with van der Waals surface area (Å²) >= 11 is 0. The zero-order valence-electron chi connectivity index (χ0n) is 62.0. The van der Waals surface area contributed by atoms with Crippen molar-refractivity contribution in [1.82, 2.24) is 39.6 Å².